The molecule has 0 unspecified atom stereocenters. The van der Waals surface area contributed by atoms with Gasteiger partial charge in [0, 0.05) is 45.4 Å². The third-order valence-electron chi connectivity index (χ3n) is 4.42. The summed E-state index contributed by atoms with van der Waals surface area (Å²) in [5, 5.41) is 11.9. The van der Waals surface area contributed by atoms with Crippen LogP contribution < -0.4 is 10.1 Å². The van der Waals surface area contributed by atoms with E-state index in [1.54, 1.807) is 14.2 Å². The van der Waals surface area contributed by atoms with Crippen LogP contribution >= 0.6 is 0 Å². The van der Waals surface area contributed by atoms with E-state index in [1.807, 2.05) is 54.0 Å². The second-order valence-corrected chi connectivity index (χ2v) is 6.29. The summed E-state index contributed by atoms with van der Waals surface area (Å²) in [7, 11) is 5.51. The molecule has 27 heavy (non-hydrogen) atoms. The summed E-state index contributed by atoms with van der Waals surface area (Å²) in [5.41, 5.74) is 2.01. The molecule has 0 bridgehead atoms. The highest BCUT2D eigenvalue weighted by atomic mass is 16.5. The summed E-state index contributed by atoms with van der Waals surface area (Å²) in [6.07, 6.45) is 3.79. The van der Waals surface area contributed by atoms with Gasteiger partial charge in [0.05, 0.1) is 7.11 Å². The normalized spacial score (nSPS) is 11.6. The second kappa shape index (κ2) is 9.02. The van der Waals surface area contributed by atoms with E-state index < -0.39 is 0 Å². The van der Waals surface area contributed by atoms with Gasteiger partial charge in [-0.1, -0.05) is 24.3 Å². The Labute approximate surface area is 159 Å². The van der Waals surface area contributed by atoms with Crippen molar-refractivity contribution in [2.24, 2.45) is 4.99 Å². The second-order valence-electron chi connectivity index (χ2n) is 6.29. The van der Waals surface area contributed by atoms with Gasteiger partial charge in [-0.2, -0.15) is 0 Å². The highest BCUT2D eigenvalue weighted by Crippen LogP contribution is 2.18. The number of benzene rings is 1. The number of aromatic nitrogens is 3. The average Bonchev–Trinajstić information content (AvgIpc) is 3.11. The van der Waals surface area contributed by atoms with E-state index in [1.165, 1.54) is 0 Å². The molecule has 0 radical (unpaired) electrons. The predicted octanol–water partition coefficient (Wildman–Crippen LogP) is 2.38. The van der Waals surface area contributed by atoms with Crippen molar-refractivity contribution < 1.29 is 4.74 Å². The minimum atomic E-state index is 0.721. The SMILES string of the molecule is CN=C(NCCCc1nnc2ccccn12)N(C)Cc1ccccc1OC. The number of aliphatic imine (C=N–C) groups is 1. The molecule has 0 aliphatic rings. The van der Waals surface area contributed by atoms with Gasteiger partial charge in [-0.15, -0.1) is 10.2 Å². The zero-order valence-corrected chi connectivity index (χ0v) is 16.1. The highest BCUT2D eigenvalue weighted by molar-refractivity contribution is 5.79. The Morgan fingerprint density at radius 1 is 1.19 bits per heavy atom. The number of aryl methyl sites for hydroxylation is 1. The number of guanidine groups is 1. The predicted molar refractivity (Wildman–Crippen MR) is 107 cm³/mol. The van der Waals surface area contributed by atoms with Crippen molar-refractivity contribution in [2.45, 2.75) is 19.4 Å². The number of para-hydroxylation sites is 1. The minimum Gasteiger partial charge on any atom is -0.496 e. The van der Waals surface area contributed by atoms with Crippen molar-refractivity contribution in [1.82, 2.24) is 24.8 Å². The van der Waals surface area contributed by atoms with Crippen molar-refractivity contribution in [3.8, 4) is 5.75 Å². The maximum absolute atomic E-state index is 5.43. The number of nitrogens with zero attached hydrogens (tertiary/aromatic N) is 5. The van der Waals surface area contributed by atoms with E-state index in [4.69, 9.17) is 4.74 Å². The molecule has 0 fully saturated rings. The first-order valence-electron chi connectivity index (χ1n) is 9.05. The lowest BCUT2D eigenvalue weighted by atomic mass is 10.2. The fourth-order valence-corrected chi connectivity index (χ4v) is 3.06. The smallest absolute Gasteiger partial charge is 0.193 e. The molecule has 142 valence electrons. The van der Waals surface area contributed by atoms with Gasteiger partial charge in [-0.25, -0.2) is 0 Å². The fraction of sp³-hybridized carbons (Fsp3) is 0.350. The van der Waals surface area contributed by atoms with Crippen LogP contribution in [-0.4, -0.2) is 53.2 Å². The number of ether oxygens (including phenoxy) is 1. The molecule has 1 N–H and O–H groups in total. The van der Waals surface area contributed by atoms with Gasteiger partial charge in [0.15, 0.2) is 11.6 Å². The Bertz CT molecular complexity index is 904. The molecule has 3 rings (SSSR count). The van der Waals surface area contributed by atoms with E-state index in [0.717, 1.165) is 54.7 Å². The first-order chi connectivity index (χ1) is 13.2. The van der Waals surface area contributed by atoms with Crippen LogP contribution in [-0.2, 0) is 13.0 Å². The third-order valence-corrected chi connectivity index (χ3v) is 4.42. The van der Waals surface area contributed by atoms with Crippen molar-refractivity contribution in [2.75, 3.05) is 27.7 Å². The molecule has 0 atom stereocenters. The standard InChI is InChI=1S/C20H26N6O/c1-21-20(25(2)15-16-9-4-5-10-17(16)27-3)22-13-8-12-19-24-23-18-11-6-7-14-26(18)19/h4-7,9-11,14H,8,12-13,15H2,1-3H3,(H,21,22). The lowest BCUT2D eigenvalue weighted by Crippen LogP contribution is -2.39. The quantitative estimate of drug-likeness (QED) is 0.395. The van der Waals surface area contributed by atoms with Gasteiger partial charge in [-0.3, -0.25) is 9.39 Å². The monoisotopic (exact) mass is 366 g/mol. The number of methoxy groups -OCH3 is 1. The zero-order chi connectivity index (χ0) is 19.1. The Morgan fingerprint density at radius 3 is 2.81 bits per heavy atom. The molecule has 0 amide bonds. The number of hydrogen-bond acceptors (Lipinski definition) is 4. The molecule has 0 saturated heterocycles. The van der Waals surface area contributed by atoms with Gasteiger partial charge < -0.3 is 15.0 Å². The number of fused-ring (bicyclic) bond motifs is 1. The summed E-state index contributed by atoms with van der Waals surface area (Å²) in [4.78, 5) is 6.47. The van der Waals surface area contributed by atoms with Crippen LogP contribution in [0.1, 0.15) is 17.8 Å². The van der Waals surface area contributed by atoms with Gasteiger partial charge in [0.2, 0.25) is 0 Å². The number of hydrogen-bond donors (Lipinski definition) is 1. The molecule has 0 aliphatic heterocycles. The summed E-state index contributed by atoms with van der Waals surface area (Å²) in [5.74, 6) is 2.72. The zero-order valence-electron chi connectivity index (χ0n) is 16.1. The van der Waals surface area contributed by atoms with E-state index in [9.17, 15) is 0 Å². The van der Waals surface area contributed by atoms with Crippen molar-refractivity contribution in [1.29, 1.82) is 0 Å². The summed E-state index contributed by atoms with van der Waals surface area (Å²) < 4.78 is 7.46. The van der Waals surface area contributed by atoms with Gasteiger partial charge in [0.25, 0.3) is 0 Å². The van der Waals surface area contributed by atoms with Crippen molar-refractivity contribution in [3.05, 3.63) is 60.0 Å². The molecule has 7 heteroatoms. The third kappa shape index (κ3) is 4.55. The molecular formula is C20H26N6O. The van der Waals surface area contributed by atoms with Crippen LogP contribution in [0.2, 0.25) is 0 Å². The van der Waals surface area contributed by atoms with Crippen LogP contribution in [0, 0.1) is 0 Å². The maximum atomic E-state index is 5.43. The van der Waals surface area contributed by atoms with E-state index in [-0.39, 0.29) is 0 Å². The van der Waals surface area contributed by atoms with Crippen molar-refractivity contribution >= 4 is 11.6 Å². The molecule has 0 aliphatic carbocycles. The molecule has 3 aromatic rings. The number of rotatable bonds is 7. The Balaban J connectivity index is 1.51. The first kappa shape index (κ1) is 18.7. The first-order valence-corrected chi connectivity index (χ1v) is 9.05. The summed E-state index contributed by atoms with van der Waals surface area (Å²) in [6.45, 7) is 1.53. The van der Waals surface area contributed by atoms with Crippen LogP contribution in [0.25, 0.3) is 5.65 Å². The average molecular weight is 366 g/mol. The Morgan fingerprint density at radius 2 is 2.00 bits per heavy atom. The number of pyridine rings is 1. The molecule has 7 nitrogen and oxygen atoms in total. The molecule has 2 heterocycles. The molecule has 1 aromatic carbocycles. The van der Waals surface area contributed by atoms with E-state index in [2.05, 4.69) is 31.5 Å². The van der Waals surface area contributed by atoms with Gasteiger partial charge in [-0.05, 0) is 24.6 Å². The Hall–Kier alpha value is -3.09. The van der Waals surface area contributed by atoms with Crippen LogP contribution in [0.4, 0.5) is 0 Å². The van der Waals surface area contributed by atoms with E-state index in [0.29, 0.717) is 0 Å². The van der Waals surface area contributed by atoms with Crippen LogP contribution in [0.5, 0.6) is 5.75 Å². The molecule has 0 spiro atoms. The van der Waals surface area contributed by atoms with Crippen molar-refractivity contribution in [3.63, 3.8) is 0 Å². The highest BCUT2D eigenvalue weighted by Gasteiger charge is 2.10. The van der Waals surface area contributed by atoms with Crippen LogP contribution in [0.3, 0.4) is 0 Å². The molecule has 2 aromatic heterocycles. The van der Waals surface area contributed by atoms with Gasteiger partial charge >= 0.3 is 0 Å². The van der Waals surface area contributed by atoms with E-state index >= 15 is 0 Å². The topological polar surface area (TPSA) is 67.0 Å². The van der Waals surface area contributed by atoms with Crippen LogP contribution in [0.15, 0.2) is 53.7 Å². The molecular weight excluding hydrogens is 340 g/mol. The molecule has 0 saturated carbocycles. The van der Waals surface area contributed by atoms with Gasteiger partial charge in [0.1, 0.15) is 11.6 Å². The largest absolute Gasteiger partial charge is 0.496 e. The summed E-state index contributed by atoms with van der Waals surface area (Å²) >= 11 is 0. The fourth-order valence-electron chi connectivity index (χ4n) is 3.06. The summed E-state index contributed by atoms with van der Waals surface area (Å²) in [6, 6.07) is 14.0. The maximum Gasteiger partial charge on any atom is 0.193 e. The Kier molecular flexibility index (Phi) is 6.25. The lowest BCUT2D eigenvalue weighted by Gasteiger charge is -2.23. The lowest BCUT2D eigenvalue weighted by molar-refractivity contribution is 0.396. The number of nitrogens with one attached hydrogen (secondary N) is 1. The minimum absolute atomic E-state index is 0.721.